The monoisotopic (exact) mass is 232 g/mol. The topological polar surface area (TPSA) is 60.9 Å². The molecule has 0 atom stereocenters. The van der Waals surface area contributed by atoms with Crippen LogP contribution in [0.1, 0.15) is 12.8 Å². The molecule has 0 radical (unpaired) electrons. The summed E-state index contributed by atoms with van der Waals surface area (Å²) in [5, 5.41) is 8.45. The molecule has 1 saturated heterocycles. The molecule has 0 unspecified atom stereocenters. The van der Waals surface area contributed by atoms with Crippen molar-refractivity contribution in [2.75, 3.05) is 39.4 Å². The maximum Gasteiger partial charge on any atom is 0.303 e. The first-order chi connectivity index (χ1) is 7.63. The first-order valence-electron chi connectivity index (χ1n) is 5.41. The van der Waals surface area contributed by atoms with E-state index >= 15 is 0 Å². The molecule has 0 aliphatic carbocycles. The third-order valence-corrected chi connectivity index (χ3v) is 2.68. The Hall–Kier alpha value is -1.17. The van der Waals surface area contributed by atoms with Gasteiger partial charge in [0, 0.05) is 39.1 Å². The molecule has 1 fully saturated rings. The molecule has 5 nitrogen and oxygen atoms in total. The van der Waals surface area contributed by atoms with E-state index in [1.165, 1.54) is 0 Å². The molecule has 1 aliphatic rings. The molecule has 1 aliphatic heterocycles. The van der Waals surface area contributed by atoms with Crippen LogP contribution in [-0.2, 0) is 9.59 Å². The van der Waals surface area contributed by atoms with Crippen molar-refractivity contribution >= 4 is 11.9 Å². The van der Waals surface area contributed by atoms with Gasteiger partial charge in [-0.3, -0.25) is 14.5 Å². The number of carbonyl (C=O) groups excluding carboxylic acids is 1. The van der Waals surface area contributed by atoms with Crippen LogP contribution in [-0.4, -0.2) is 66.2 Å². The number of aliphatic carboxylic acids is 1. The maximum atomic E-state index is 12.1. The zero-order valence-corrected chi connectivity index (χ0v) is 9.19. The predicted molar refractivity (Wildman–Crippen MR) is 55.9 cm³/mol. The molecule has 1 rings (SSSR count). The Bertz CT molecular complexity index is 252. The molecular weight excluding hydrogens is 215 g/mol. The zero-order chi connectivity index (χ0) is 12.0. The van der Waals surface area contributed by atoms with Crippen LogP contribution >= 0.6 is 0 Å². The highest BCUT2D eigenvalue weighted by Crippen LogP contribution is 2.05. The molecule has 0 aromatic heterocycles. The van der Waals surface area contributed by atoms with Crippen LogP contribution in [0.3, 0.4) is 0 Å². The number of hydrogen-bond donors (Lipinski definition) is 1. The van der Waals surface area contributed by atoms with E-state index in [-0.39, 0.29) is 25.4 Å². The van der Waals surface area contributed by atoms with Crippen LogP contribution in [0.2, 0.25) is 0 Å². The normalized spacial score (nSPS) is 17.4. The summed E-state index contributed by atoms with van der Waals surface area (Å²) in [7, 11) is 0. The molecular formula is C10H17FN2O3. The number of alkyl halides is 1. The van der Waals surface area contributed by atoms with Crippen molar-refractivity contribution in [2.45, 2.75) is 12.8 Å². The van der Waals surface area contributed by atoms with Gasteiger partial charge in [-0.1, -0.05) is 0 Å². The lowest BCUT2D eigenvalue weighted by Crippen LogP contribution is -2.49. The number of halogens is 1. The SMILES string of the molecule is O=C(O)CCC(=O)N1CCN(CCF)CC1. The fourth-order valence-electron chi connectivity index (χ4n) is 1.71. The molecule has 6 heteroatoms. The smallest absolute Gasteiger partial charge is 0.303 e. The number of piperazine rings is 1. The van der Waals surface area contributed by atoms with Gasteiger partial charge in [-0.25, -0.2) is 4.39 Å². The summed E-state index contributed by atoms with van der Waals surface area (Å²) in [6, 6.07) is 0. The number of carboxylic acids is 1. The summed E-state index contributed by atoms with van der Waals surface area (Å²) in [6.45, 7) is 2.52. The highest BCUT2D eigenvalue weighted by molar-refractivity contribution is 5.80. The number of rotatable bonds is 5. The van der Waals surface area contributed by atoms with Gasteiger partial charge in [0.1, 0.15) is 6.67 Å². The van der Waals surface area contributed by atoms with Crippen LogP contribution in [0, 0.1) is 0 Å². The molecule has 1 heterocycles. The molecule has 0 aromatic rings. The van der Waals surface area contributed by atoms with E-state index < -0.39 is 5.97 Å². The van der Waals surface area contributed by atoms with Crippen molar-refractivity contribution in [1.29, 1.82) is 0 Å². The first kappa shape index (κ1) is 12.9. The van der Waals surface area contributed by atoms with E-state index in [4.69, 9.17) is 5.11 Å². The number of nitrogens with zero attached hydrogens (tertiary/aromatic N) is 2. The molecule has 16 heavy (non-hydrogen) atoms. The quantitative estimate of drug-likeness (QED) is 0.723. The lowest BCUT2D eigenvalue weighted by molar-refractivity contribution is -0.141. The summed E-state index contributed by atoms with van der Waals surface area (Å²) >= 11 is 0. The van der Waals surface area contributed by atoms with Crippen molar-refractivity contribution in [3.8, 4) is 0 Å². The van der Waals surface area contributed by atoms with Crippen molar-refractivity contribution in [1.82, 2.24) is 9.80 Å². The Morgan fingerprint density at radius 1 is 1.12 bits per heavy atom. The largest absolute Gasteiger partial charge is 0.481 e. The average Bonchev–Trinajstić information content (AvgIpc) is 2.27. The van der Waals surface area contributed by atoms with Gasteiger partial charge < -0.3 is 10.0 Å². The Morgan fingerprint density at radius 3 is 2.25 bits per heavy atom. The maximum absolute atomic E-state index is 12.1. The van der Waals surface area contributed by atoms with Crippen LogP contribution in [0.25, 0.3) is 0 Å². The van der Waals surface area contributed by atoms with Crippen LogP contribution < -0.4 is 0 Å². The van der Waals surface area contributed by atoms with Gasteiger partial charge in [0.05, 0.1) is 6.42 Å². The minimum absolute atomic E-state index is 0.0540. The summed E-state index contributed by atoms with van der Waals surface area (Å²) in [5.74, 6) is -1.08. The summed E-state index contributed by atoms with van der Waals surface area (Å²) in [6.07, 6.45) is -0.0675. The predicted octanol–water partition coefficient (Wildman–Crippen LogP) is -0.0351. The standard InChI is InChI=1S/C10H17FN2O3/c11-3-4-12-5-7-13(8-6-12)9(14)1-2-10(15)16/h1-8H2,(H,15,16). The molecule has 1 N–H and O–H groups in total. The van der Waals surface area contributed by atoms with E-state index in [1.54, 1.807) is 4.90 Å². The van der Waals surface area contributed by atoms with Crippen LogP contribution in [0.15, 0.2) is 0 Å². The minimum atomic E-state index is -0.954. The average molecular weight is 232 g/mol. The van der Waals surface area contributed by atoms with Gasteiger partial charge >= 0.3 is 5.97 Å². The van der Waals surface area contributed by atoms with E-state index in [0.29, 0.717) is 32.7 Å². The lowest BCUT2D eigenvalue weighted by atomic mass is 10.2. The fraction of sp³-hybridized carbons (Fsp3) is 0.800. The van der Waals surface area contributed by atoms with Crippen molar-refractivity contribution in [3.63, 3.8) is 0 Å². The number of hydrogen-bond acceptors (Lipinski definition) is 3. The van der Waals surface area contributed by atoms with Gasteiger partial charge in [-0.2, -0.15) is 0 Å². The second kappa shape index (κ2) is 6.42. The molecule has 92 valence electrons. The Morgan fingerprint density at radius 2 is 1.75 bits per heavy atom. The van der Waals surface area contributed by atoms with Gasteiger partial charge in [-0.15, -0.1) is 0 Å². The molecule has 1 amide bonds. The third kappa shape index (κ3) is 4.14. The second-order valence-electron chi connectivity index (χ2n) is 3.81. The fourth-order valence-corrected chi connectivity index (χ4v) is 1.71. The summed E-state index contributed by atoms with van der Waals surface area (Å²) < 4.78 is 12.1. The third-order valence-electron chi connectivity index (χ3n) is 2.68. The van der Waals surface area contributed by atoms with Crippen molar-refractivity contribution < 1.29 is 19.1 Å². The van der Waals surface area contributed by atoms with E-state index in [0.717, 1.165) is 0 Å². The number of carboxylic acid groups (broad SMARTS) is 1. The van der Waals surface area contributed by atoms with Crippen LogP contribution in [0.5, 0.6) is 0 Å². The lowest BCUT2D eigenvalue weighted by Gasteiger charge is -2.34. The van der Waals surface area contributed by atoms with Gasteiger partial charge in [0.2, 0.25) is 5.91 Å². The zero-order valence-electron chi connectivity index (χ0n) is 9.19. The summed E-state index contributed by atoms with van der Waals surface area (Å²) in [4.78, 5) is 25.4. The molecule has 0 saturated carbocycles. The van der Waals surface area contributed by atoms with Gasteiger partial charge in [0.25, 0.3) is 0 Å². The number of carbonyl (C=O) groups is 2. The van der Waals surface area contributed by atoms with Gasteiger partial charge in [0.15, 0.2) is 0 Å². The number of amides is 1. The van der Waals surface area contributed by atoms with E-state index in [1.807, 2.05) is 4.90 Å². The highest BCUT2D eigenvalue weighted by Gasteiger charge is 2.20. The molecule has 0 aromatic carbocycles. The first-order valence-corrected chi connectivity index (χ1v) is 5.41. The van der Waals surface area contributed by atoms with Crippen molar-refractivity contribution in [2.24, 2.45) is 0 Å². The Kier molecular flexibility index (Phi) is 5.18. The second-order valence-corrected chi connectivity index (χ2v) is 3.81. The van der Waals surface area contributed by atoms with E-state index in [2.05, 4.69) is 0 Å². The van der Waals surface area contributed by atoms with E-state index in [9.17, 15) is 14.0 Å². The van der Waals surface area contributed by atoms with Crippen LogP contribution in [0.4, 0.5) is 4.39 Å². The Labute approximate surface area is 93.8 Å². The summed E-state index contributed by atoms with van der Waals surface area (Å²) in [5.41, 5.74) is 0. The minimum Gasteiger partial charge on any atom is -0.481 e. The molecule has 0 spiro atoms. The molecule has 0 bridgehead atoms. The highest BCUT2D eigenvalue weighted by atomic mass is 19.1. The van der Waals surface area contributed by atoms with Gasteiger partial charge in [-0.05, 0) is 0 Å². The van der Waals surface area contributed by atoms with Crippen molar-refractivity contribution in [3.05, 3.63) is 0 Å². The Balaban J connectivity index is 2.24.